The fourth-order valence-electron chi connectivity index (χ4n) is 1.31. The number of Topliss-reactive ketones (excluding diaryl/α,β-unsaturated/α-hetero) is 1. The Labute approximate surface area is 73.8 Å². The number of nitrogens with zero attached hydrogens (tertiary/aromatic N) is 1. The van der Waals surface area contributed by atoms with Gasteiger partial charge < -0.3 is 0 Å². The molecule has 0 bridgehead atoms. The van der Waals surface area contributed by atoms with Gasteiger partial charge in [0.15, 0.2) is 0 Å². The Bertz CT molecular complexity index is 413. The average Bonchev–Trinajstić information content (AvgIpc) is 2.12. The molecular weight excluding hydrogens is 170 g/mol. The van der Waals surface area contributed by atoms with Gasteiger partial charge in [0.1, 0.15) is 0 Å². The molecule has 0 spiro atoms. The lowest BCUT2D eigenvalue weighted by molar-refractivity contribution is -0.469. The van der Waals surface area contributed by atoms with Crippen LogP contribution in [0.15, 0.2) is 35.6 Å². The second kappa shape index (κ2) is 2.58. The highest BCUT2D eigenvalue weighted by atomic mass is 16.3. The molecule has 0 unspecified atom stereocenters. The summed E-state index contributed by atoms with van der Waals surface area (Å²) in [6.45, 7) is 0.131. The van der Waals surface area contributed by atoms with E-state index in [0.29, 0.717) is 15.9 Å². The predicted molar refractivity (Wildman–Crippen MR) is 43.8 cm³/mol. The summed E-state index contributed by atoms with van der Waals surface area (Å²) in [4.78, 5) is 33.0. The maximum Gasteiger partial charge on any atom is 0.233 e. The van der Waals surface area contributed by atoms with Gasteiger partial charge in [0, 0.05) is 15.2 Å². The van der Waals surface area contributed by atoms with E-state index in [1.807, 2.05) is 0 Å². The molecule has 2 rings (SSSR count). The van der Waals surface area contributed by atoms with Crippen molar-refractivity contribution in [2.75, 3.05) is 6.54 Å². The molecule has 0 aromatic carbocycles. The van der Waals surface area contributed by atoms with Crippen molar-refractivity contribution < 1.29 is 14.3 Å². The van der Waals surface area contributed by atoms with Crippen LogP contribution >= 0.6 is 0 Å². The minimum absolute atomic E-state index is 0.131. The van der Waals surface area contributed by atoms with E-state index in [9.17, 15) is 14.5 Å². The minimum atomic E-state index is -0.526. The van der Waals surface area contributed by atoms with Crippen LogP contribution in [-0.4, -0.2) is 22.9 Å². The zero-order valence-electron chi connectivity index (χ0n) is 6.69. The molecular formula is C9H6NO3+. The van der Waals surface area contributed by atoms with E-state index in [2.05, 4.69) is 0 Å². The van der Waals surface area contributed by atoms with Crippen LogP contribution in [0.25, 0.3) is 0 Å². The Morgan fingerprint density at radius 2 is 2.00 bits per heavy atom. The molecule has 0 aromatic rings. The molecule has 4 nitrogen and oxygen atoms in total. The maximum atomic E-state index is 11.2. The van der Waals surface area contributed by atoms with E-state index in [0.717, 1.165) is 0 Å². The standard InChI is InChI=1S/C9H6NO3/c11-8-2-1-6-5-10(13)4-3-7(6)9(8)12/h1-3,5H,4H2/q+1. The lowest BCUT2D eigenvalue weighted by Crippen LogP contribution is -2.22. The summed E-state index contributed by atoms with van der Waals surface area (Å²) in [5.41, 5.74) is 0.866. The first-order valence-corrected chi connectivity index (χ1v) is 3.81. The summed E-state index contributed by atoms with van der Waals surface area (Å²) in [6, 6.07) is 0. The Kier molecular flexibility index (Phi) is 1.55. The van der Waals surface area contributed by atoms with Gasteiger partial charge in [0.2, 0.25) is 24.3 Å². The highest BCUT2D eigenvalue weighted by molar-refractivity contribution is 6.49. The van der Waals surface area contributed by atoms with E-state index < -0.39 is 11.6 Å². The topological polar surface area (TPSA) is 54.2 Å². The van der Waals surface area contributed by atoms with Crippen molar-refractivity contribution in [3.8, 4) is 0 Å². The third kappa shape index (κ3) is 1.16. The fraction of sp³-hybridized carbons (Fsp3) is 0.111. The van der Waals surface area contributed by atoms with E-state index in [-0.39, 0.29) is 6.54 Å². The molecule has 0 radical (unpaired) electrons. The van der Waals surface area contributed by atoms with Crippen molar-refractivity contribution in [1.29, 1.82) is 0 Å². The van der Waals surface area contributed by atoms with Gasteiger partial charge in [-0.1, -0.05) is 0 Å². The summed E-state index contributed by atoms with van der Waals surface area (Å²) >= 11 is 0. The fourth-order valence-corrected chi connectivity index (χ4v) is 1.31. The smallest absolute Gasteiger partial charge is 0.233 e. The van der Waals surface area contributed by atoms with Gasteiger partial charge in [-0.25, -0.2) is 0 Å². The number of carbonyl (C=O) groups excluding carboxylic acids is 2. The number of ketones is 2. The van der Waals surface area contributed by atoms with Gasteiger partial charge in [-0.2, -0.15) is 0 Å². The van der Waals surface area contributed by atoms with Crippen molar-refractivity contribution in [2.24, 2.45) is 0 Å². The molecule has 0 saturated heterocycles. The van der Waals surface area contributed by atoms with Crippen LogP contribution in [0.4, 0.5) is 0 Å². The van der Waals surface area contributed by atoms with Gasteiger partial charge >= 0.3 is 0 Å². The van der Waals surface area contributed by atoms with E-state index in [4.69, 9.17) is 0 Å². The molecule has 1 aliphatic carbocycles. The Morgan fingerprint density at radius 3 is 2.77 bits per heavy atom. The lowest BCUT2D eigenvalue weighted by Gasteiger charge is -2.09. The van der Waals surface area contributed by atoms with E-state index in [1.54, 1.807) is 0 Å². The first kappa shape index (κ1) is 7.79. The summed E-state index contributed by atoms with van der Waals surface area (Å²) in [5.74, 6) is -1.05. The predicted octanol–water partition coefficient (Wildman–Crippen LogP) is 0.297. The number of fused-ring (bicyclic) bond motifs is 1. The first-order valence-electron chi connectivity index (χ1n) is 3.81. The molecule has 2 aliphatic rings. The summed E-state index contributed by atoms with van der Waals surface area (Å²) in [7, 11) is 0. The lowest BCUT2D eigenvalue weighted by atomic mass is 9.92. The Hall–Kier alpha value is -1.84. The van der Waals surface area contributed by atoms with Crippen LogP contribution in [0, 0.1) is 4.91 Å². The molecule has 0 N–H and O–H groups in total. The number of nitroso groups, excluding NO2 is 1. The maximum absolute atomic E-state index is 11.2. The van der Waals surface area contributed by atoms with Gasteiger partial charge in [-0.3, -0.25) is 9.59 Å². The highest BCUT2D eigenvalue weighted by Crippen LogP contribution is 2.20. The first-order chi connectivity index (χ1) is 6.18. The number of allylic oxidation sites excluding steroid dienone is 4. The Balaban J connectivity index is 2.53. The highest BCUT2D eigenvalue weighted by Gasteiger charge is 2.28. The van der Waals surface area contributed by atoms with Crippen molar-refractivity contribution in [1.82, 2.24) is 0 Å². The molecule has 1 aliphatic heterocycles. The van der Waals surface area contributed by atoms with Crippen LogP contribution in [0.3, 0.4) is 0 Å². The van der Waals surface area contributed by atoms with Crippen molar-refractivity contribution in [3.05, 3.63) is 40.5 Å². The molecule has 0 atom stereocenters. The second-order valence-corrected chi connectivity index (χ2v) is 2.83. The molecule has 0 fully saturated rings. The molecule has 1 heterocycles. The molecule has 13 heavy (non-hydrogen) atoms. The second-order valence-electron chi connectivity index (χ2n) is 2.83. The molecule has 64 valence electrons. The average molecular weight is 176 g/mol. The van der Waals surface area contributed by atoms with Crippen molar-refractivity contribution in [3.63, 3.8) is 0 Å². The van der Waals surface area contributed by atoms with Gasteiger partial charge in [0.25, 0.3) is 0 Å². The molecule has 0 aromatic heterocycles. The van der Waals surface area contributed by atoms with Crippen LogP contribution in [0.5, 0.6) is 0 Å². The third-order valence-corrected chi connectivity index (χ3v) is 1.95. The van der Waals surface area contributed by atoms with Gasteiger partial charge in [-0.05, 0) is 18.2 Å². The number of rotatable bonds is 0. The number of hydrogen-bond acceptors (Lipinski definition) is 3. The van der Waals surface area contributed by atoms with E-state index >= 15 is 0 Å². The summed E-state index contributed by atoms with van der Waals surface area (Å²) in [6.07, 6.45) is 5.46. The van der Waals surface area contributed by atoms with Gasteiger partial charge in [0.05, 0.1) is 5.57 Å². The summed E-state index contributed by atoms with van der Waals surface area (Å²) < 4.78 is 0.715. The van der Waals surface area contributed by atoms with E-state index in [1.165, 1.54) is 24.4 Å². The van der Waals surface area contributed by atoms with Crippen molar-refractivity contribution in [2.45, 2.75) is 0 Å². The van der Waals surface area contributed by atoms with Crippen LogP contribution in [-0.2, 0) is 9.59 Å². The monoisotopic (exact) mass is 176 g/mol. The largest absolute Gasteiger partial charge is 0.286 e. The Morgan fingerprint density at radius 1 is 1.23 bits per heavy atom. The molecule has 0 saturated carbocycles. The zero-order valence-corrected chi connectivity index (χ0v) is 6.69. The SMILES string of the molecule is O=C1C=CC2=C[N+](=O)CC=C2C1=O. The normalized spacial score (nSPS) is 21.1. The van der Waals surface area contributed by atoms with Crippen molar-refractivity contribution >= 4 is 11.6 Å². The van der Waals surface area contributed by atoms with Crippen LogP contribution in [0.1, 0.15) is 0 Å². The molecule has 0 amide bonds. The van der Waals surface area contributed by atoms with Crippen LogP contribution in [0.2, 0.25) is 0 Å². The number of hydrogen-bond donors (Lipinski definition) is 0. The number of carbonyl (C=O) groups is 2. The molecule has 4 heteroatoms. The van der Waals surface area contributed by atoms with Crippen LogP contribution < -0.4 is 0 Å². The van der Waals surface area contributed by atoms with Gasteiger partial charge in [-0.15, -0.1) is 0 Å². The third-order valence-electron chi connectivity index (χ3n) is 1.95. The quantitative estimate of drug-likeness (QED) is 0.394. The minimum Gasteiger partial charge on any atom is -0.286 e. The summed E-state index contributed by atoms with van der Waals surface area (Å²) in [5, 5.41) is 0. The zero-order chi connectivity index (χ0) is 9.42.